The number of hydrogen-bond donors (Lipinski definition) is 2. The summed E-state index contributed by atoms with van der Waals surface area (Å²) in [6.07, 6.45) is 4.02. The Morgan fingerprint density at radius 2 is 2.08 bits per heavy atom. The Morgan fingerprint density at radius 1 is 1.33 bits per heavy atom. The molecular weight excluding hydrogens is 300 g/mol. The average molecular weight is 328 g/mol. The number of nitrogens with one attached hydrogen (secondary N) is 2. The first-order valence-corrected chi connectivity index (χ1v) is 8.97. The molecule has 1 amide bonds. The SMILES string of the molecule is CCC(=O)N1CCC(NC(=NC)NCC2(c3ccccc3)CC2)C1. The Morgan fingerprint density at radius 3 is 2.71 bits per heavy atom. The normalized spacial score (nSPS) is 22.3. The van der Waals surface area contributed by atoms with Gasteiger partial charge in [-0.2, -0.15) is 0 Å². The number of likely N-dealkylation sites (tertiary alicyclic amines) is 1. The lowest BCUT2D eigenvalue weighted by Gasteiger charge is -2.21. The molecule has 1 heterocycles. The fraction of sp³-hybridized carbons (Fsp3) is 0.579. The number of nitrogens with zero attached hydrogens (tertiary/aromatic N) is 2. The molecule has 5 heteroatoms. The van der Waals surface area contributed by atoms with E-state index in [0.717, 1.165) is 32.0 Å². The zero-order chi connectivity index (χ0) is 17.0. The van der Waals surface area contributed by atoms with Crippen molar-refractivity contribution >= 4 is 11.9 Å². The van der Waals surface area contributed by atoms with Gasteiger partial charge in [-0.15, -0.1) is 0 Å². The lowest BCUT2D eigenvalue weighted by atomic mass is 9.96. The molecule has 1 aromatic rings. The van der Waals surface area contributed by atoms with Crippen LogP contribution in [-0.4, -0.2) is 49.5 Å². The molecule has 0 spiro atoms. The summed E-state index contributed by atoms with van der Waals surface area (Å²) in [5, 5.41) is 6.96. The average Bonchev–Trinajstić information content (AvgIpc) is 3.29. The number of carbonyl (C=O) groups is 1. The van der Waals surface area contributed by atoms with Gasteiger partial charge >= 0.3 is 0 Å². The number of hydrogen-bond acceptors (Lipinski definition) is 2. The van der Waals surface area contributed by atoms with Gasteiger partial charge in [0.15, 0.2) is 5.96 Å². The summed E-state index contributed by atoms with van der Waals surface area (Å²) in [4.78, 5) is 18.1. The van der Waals surface area contributed by atoms with E-state index in [1.54, 1.807) is 7.05 Å². The van der Waals surface area contributed by atoms with Crippen LogP contribution in [0, 0.1) is 0 Å². The largest absolute Gasteiger partial charge is 0.356 e. The van der Waals surface area contributed by atoms with E-state index >= 15 is 0 Å². The molecule has 2 N–H and O–H groups in total. The minimum absolute atomic E-state index is 0.239. The predicted octanol–water partition coefficient (Wildman–Crippen LogP) is 1.89. The number of guanidine groups is 1. The van der Waals surface area contributed by atoms with Gasteiger partial charge in [0, 0.05) is 44.6 Å². The molecule has 0 bridgehead atoms. The van der Waals surface area contributed by atoms with Crippen molar-refractivity contribution < 1.29 is 4.79 Å². The van der Waals surface area contributed by atoms with E-state index in [4.69, 9.17) is 0 Å². The number of rotatable bonds is 5. The lowest BCUT2D eigenvalue weighted by molar-refractivity contribution is -0.129. The second-order valence-electron chi connectivity index (χ2n) is 6.90. The maximum Gasteiger partial charge on any atom is 0.222 e. The number of amides is 1. The van der Waals surface area contributed by atoms with E-state index < -0.39 is 0 Å². The molecule has 1 aliphatic carbocycles. The summed E-state index contributed by atoms with van der Waals surface area (Å²) in [6.45, 7) is 4.44. The van der Waals surface area contributed by atoms with Crippen LogP contribution in [0.15, 0.2) is 35.3 Å². The smallest absolute Gasteiger partial charge is 0.222 e. The Balaban J connectivity index is 1.51. The van der Waals surface area contributed by atoms with Gasteiger partial charge in [0.1, 0.15) is 0 Å². The molecule has 1 unspecified atom stereocenters. The summed E-state index contributed by atoms with van der Waals surface area (Å²) in [5.74, 6) is 1.08. The Labute approximate surface area is 144 Å². The molecule has 1 saturated carbocycles. The maximum atomic E-state index is 11.8. The second kappa shape index (κ2) is 7.24. The van der Waals surface area contributed by atoms with Crippen molar-refractivity contribution in [3.05, 3.63) is 35.9 Å². The molecule has 130 valence electrons. The van der Waals surface area contributed by atoms with E-state index in [1.165, 1.54) is 18.4 Å². The molecule has 0 radical (unpaired) electrons. The molecular formula is C19H28N4O. The van der Waals surface area contributed by atoms with Gasteiger partial charge in [0.05, 0.1) is 0 Å². The van der Waals surface area contributed by atoms with Crippen LogP contribution in [0.25, 0.3) is 0 Å². The highest BCUT2D eigenvalue weighted by Gasteiger charge is 2.44. The Kier molecular flexibility index (Phi) is 5.07. The summed E-state index contributed by atoms with van der Waals surface area (Å²) in [5.41, 5.74) is 1.67. The highest BCUT2D eigenvalue weighted by Crippen LogP contribution is 2.47. The number of aliphatic imine (C=N–C) groups is 1. The van der Waals surface area contributed by atoms with Gasteiger partial charge in [0.25, 0.3) is 0 Å². The van der Waals surface area contributed by atoms with Gasteiger partial charge in [-0.3, -0.25) is 9.79 Å². The van der Waals surface area contributed by atoms with E-state index in [1.807, 2.05) is 11.8 Å². The van der Waals surface area contributed by atoms with Crippen LogP contribution in [0.4, 0.5) is 0 Å². The summed E-state index contributed by atoms with van der Waals surface area (Å²) >= 11 is 0. The van der Waals surface area contributed by atoms with Crippen molar-refractivity contribution in [2.75, 3.05) is 26.7 Å². The van der Waals surface area contributed by atoms with Crippen LogP contribution in [-0.2, 0) is 10.2 Å². The van der Waals surface area contributed by atoms with E-state index in [-0.39, 0.29) is 11.3 Å². The molecule has 2 fully saturated rings. The predicted molar refractivity (Wildman–Crippen MR) is 97.1 cm³/mol. The first-order valence-electron chi connectivity index (χ1n) is 8.97. The minimum atomic E-state index is 0.239. The van der Waals surface area contributed by atoms with Gasteiger partial charge in [-0.05, 0) is 24.8 Å². The summed E-state index contributed by atoms with van der Waals surface area (Å²) in [6, 6.07) is 11.0. The second-order valence-corrected chi connectivity index (χ2v) is 6.90. The molecule has 1 atom stereocenters. The van der Waals surface area contributed by atoms with Crippen molar-refractivity contribution in [2.24, 2.45) is 4.99 Å². The van der Waals surface area contributed by atoms with Gasteiger partial charge in [-0.1, -0.05) is 37.3 Å². The topological polar surface area (TPSA) is 56.7 Å². The van der Waals surface area contributed by atoms with Crippen LogP contribution in [0.2, 0.25) is 0 Å². The third kappa shape index (κ3) is 3.71. The van der Waals surface area contributed by atoms with Gasteiger partial charge in [0.2, 0.25) is 5.91 Å². The summed E-state index contributed by atoms with van der Waals surface area (Å²) < 4.78 is 0. The van der Waals surface area contributed by atoms with Crippen LogP contribution in [0.3, 0.4) is 0 Å². The molecule has 2 aliphatic rings. The molecule has 1 aliphatic heterocycles. The molecule has 1 saturated heterocycles. The van der Waals surface area contributed by atoms with Gasteiger partial charge in [-0.25, -0.2) is 0 Å². The standard InChI is InChI=1S/C19H28N4O/c1-3-17(24)23-12-9-16(13-23)22-18(20-2)21-14-19(10-11-19)15-7-5-4-6-8-15/h4-8,16H,3,9-14H2,1-2H3,(H2,20,21,22). The molecule has 24 heavy (non-hydrogen) atoms. The first-order chi connectivity index (χ1) is 11.7. The minimum Gasteiger partial charge on any atom is -0.356 e. The third-order valence-electron chi connectivity index (χ3n) is 5.24. The fourth-order valence-electron chi connectivity index (χ4n) is 3.48. The highest BCUT2D eigenvalue weighted by atomic mass is 16.2. The van der Waals surface area contributed by atoms with E-state index in [9.17, 15) is 4.79 Å². The van der Waals surface area contributed by atoms with E-state index in [2.05, 4.69) is 46.0 Å². The number of benzene rings is 1. The first kappa shape index (κ1) is 16.8. The van der Waals surface area contributed by atoms with Crippen molar-refractivity contribution in [3.8, 4) is 0 Å². The molecule has 0 aromatic heterocycles. The maximum absolute atomic E-state index is 11.8. The highest BCUT2D eigenvalue weighted by molar-refractivity contribution is 5.80. The van der Waals surface area contributed by atoms with Gasteiger partial charge < -0.3 is 15.5 Å². The molecule has 3 rings (SSSR count). The third-order valence-corrected chi connectivity index (χ3v) is 5.24. The van der Waals surface area contributed by atoms with Crippen molar-refractivity contribution in [1.29, 1.82) is 0 Å². The molecule has 5 nitrogen and oxygen atoms in total. The van der Waals surface area contributed by atoms with Crippen molar-refractivity contribution in [2.45, 2.75) is 44.1 Å². The number of carbonyl (C=O) groups excluding carboxylic acids is 1. The van der Waals surface area contributed by atoms with Crippen molar-refractivity contribution in [3.63, 3.8) is 0 Å². The molecule has 1 aromatic carbocycles. The zero-order valence-electron chi connectivity index (χ0n) is 14.7. The Hall–Kier alpha value is -2.04. The van der Waals surface area contributed by atoms with Crippen molar-refractivity contribution in [1.82, 2.24) is 15.5 Å². The fourth-order valence-corrected chi connectivity index (χ4v) is 3.48. The Bertz CT molecular complexity index is 595. The quantitative estimate of drug-likeness (QED) is 0.641. The lowest BCUT2D eigenvalue weighted by Crippen LogP contribution is -2.47. The van der Waals surface area contributed by atoms with Crippen LogP contribution < -0.4 is 10.6 Å². The van der Waals surface area contributed by atoms with E-state index in [0.29, 0.717) is 12.5 Å². The van der Waals surface area contributed by atoms with Crippen LogP contribution in [0.1, 0.15) is 38.2 Å². The van der Waals surface area contributed by atoms with Crippen LogP contribution in [0.5, 0.6) is 0 Å². The zero-order valence-corrected chi connectivity index (χ0v) is 14.7. The van der Waals surface area contributed by atoms with Crippen LogP contribution >= 0.6 is 0 Å². The summed E-state index contributed by atoms with van der Waals surface area (Å²) in [7, 11) is 1.81. The monoisotopic (exact) mass is 328 g/mol.